The third kappa shape index (κ3) is 5.75. The number of nitrogens with zero attached hydrogens (tertiary/aromatic N) is 2. The fourth-order valence-corrected chi connectivity index (χ4v) is 3.46. The summed E-state index contributed by atoms with van der Waals surface area (Å²) < 4.78 is 0. The standard InChI is InChI=1S/C29H24N4O2/c1-3-8-22-17-23(12-11-20(22)4-2)29(35)33-25-14-16-27(31-19-25)26-15-13-24(18-30-26)32-28(34)21-9-6-5-7-10-21/h3-19H,2H2,1H3,(H,32,34)(H,33,35)/b8-3-. The van der Waals surface area contributed by atoms with Crippen molar-refractivity contribution in [3.63, 3.8) is 0 Å². The molecule has 2 N–H and O–H groups in total. The summed E-state index contributed by atoms with van der Waals surface area (Å²) in [5.74, 6) is -0.423. The topological polar surface area (TPSA) is 84.0 Å². The first-order chi connectivity index (χ1) is 17.1. The Bertz CT molecular complexity index is 1380. The third-order valence-corrected chi connectivity index (χ3v) is 5.26. The molecule has 0 aliphatic carbocycles. The molecule has 0 spiro atoms. The normalized spacial score (nSPS) is 10.7. The Morgan fingerprint density at radius 2 is 1.34 bits per heavy atom. The zero-order valence-corrected chi connectivity index (χ0v) is 19.2. The van der Waals surface area contributed by atoms with Crippen molar-refractivity contribution in [3.05, 3.63) is 120 Å². The first kappa shape index (κ1) is 23.3. The fraction of sp³-hybridized carbons (Fsp3) is 0.0345. The number of carbonyl (C=O) groups excluding carboxylic acids is 2. The second kappa shape index (κ2) is 10.9. The number of carbonyl (C=O) groups is 2. The van der Waals surface area contributed by atoms with Gasteiger partial charge < -0.3 is 10.6 Å². The Hall–Kier alpha value is -4.84. The summed E-state index contributed by atoms with van der Waals surface area (Å²) >= 11 is 0. The Balaban J connectivity index is 1.41. The van der Waals surface area contributed by atoms with E-state index >= 15 is 0 Å². The number of rotatable bonds is 7. The van der Waals surface area contributed by atoms with Crippen LogP contribution in [0.15, 0.2) is 97.8 Å². The summed E-state index contributed by atoms with van der Waals surface area (Å²) in [5, 5.41) is 5.69. The second-order valence-corrected chi connectivity index (χ2v) is 7.69. The Morgan fingerprint density at radius 1 is 0.743 bits per heavy atom. The molecule has 0 saturated heterocycles. The monoisotopic (exact) mass is 460 g/mol. The number of pyridine rings is 2. The maximum Gasteiger partial charge on any atom is 0.255 e. The molecule has 0 unspecified atom stereocenters. The summed E-state index contributed by atoms with van der Waals surface area (Å²) in [4.78, 5) is 33.8. The van der Waals surface area contributed by atoms with Crippen LogP contribution in [0.5, 0.6) is 0 Å². The van der Waals surface area contributed by atoms with Crippen molar-refractivity contribution in [2.75, 3.05) is 10.6 Å². The van der Waals surface area contributed by atoms with Crippen LogP contribution >= 0.6 is 0 Å². The van der Waals surface area contributed by atoms with Gasteiger partial charge in [-0.2, -0.15) is 0 Å². The number of hydrogen-bond acceptors (Lipinski definition) is 4. The van der Waals surface area contributed by atoms with E-state index in [0.29, 0.717) is 33.9 Å². The molecule has 2 amide bonds. The molecule has 0 radical (unpaired) electrons. The highest BCUT2D eigenvalue weighted by Gasteiger charge is 2.10. The van der Waals surface area contributed by atoms with Crippen LogP contribution in [0.2, 0.25) is 0 Å². The van der Waals surface area contributed by atoms with Crippen LogP contribution in [0, 0.1) is 0 Å². The Kier molecular flexibility index (Phi) is 7.23. The lowest BCUT2D eigenvalue weighted by molar-refractivity contribution is 0.101. The van der Waals surface area contributed by atoms with E-state index in [0.717, 1.165) is 11.1 Å². The molecule has 6 heteroatoms. The number of aromatic nitrogens is 2. The van der Waals surface area contributed by atoms with Crippen LogP contribution < -0.4 is 10.6 Å². The largest absolute Gasteiger partial charge is 0.321 e. The SMILES string of the molecule is C=Cc1ccc(C(=O)Nc2ccc(-c3ccc(NC(=O)c4ccccc4)cn3)nc2)cc1/C=C\C. The molecule has 0 atom stereocenters. The molecule has 35 heavy (non-hydrogen) atoms. The van der Waals surface area contributed by atoms with Crippen molar-refractivity contribution >= 4 is 35.3 Å². The molecule has 0 fully saturated rings. The lowest BCUT2D eigenvalue weighted by Crippen LogP contribution is -2.12. The Labute approximate surface area is 204 Å². The van der Waals surface area contributed by atoms with Crippen molar-refractivity contribution in [1.29, 1.82) is 0 Å². The van der Waals surface area contributed by atoms with Gasteiger partial charge in [-0.3, -0.25) is 19.6 Å². The number of nitrogens with one attached hydrogen (secondary N) is 2. The molecule has 0 aliphatic heterocycles. The molecule has 2 aromatic heterocycles. The van der Waals surface area contributed by atoms with Crippen molar-refractivity contribution in [1.82, 2.24) is 9.97 Å². The molecule has 2 aromatic carbocycles. The van der Waals surface area contributed by atoms with Gasteiger partial charge in [-0.15, -0.1) is 0 Å². The van der Waals surface area contributed by atoms with Crippen LogP contribution in [0.4, 0.5) is 11.4 Å². The molecule has 6 nitrogen and oxygen atoms in total. The van der Waals surface area contributed by atoms with Crippen molar-refractivity contribution < 1.29 is 9.59 Å². The summed E-state index contributed by atoms with van der Waals surface area (Å²) in [5.41, 5.74) is 5.47. The van der Waals surface area contributed by atoms with E-state index in [1.165, 1.54) is 0 Å². The number of allylic oxidation sites excluding steroid dienone is 1. The van der Waals surface area contributed by atoms with Gasteiger partial charge in [-0.1, -0.05) is 49.1 Å². The predicted molar refractivity (Wildman–Crippen MR) is 141 cm³/mol. The van der Waals surface area contributed by atoms with Crippen LogP contribution in [-0.2, 0) is 0 Å². The van der Waals surface area contributed by atoms with E-state index in [4.69, 9.17) is 0 Å². The van der Waals surface area contributed by atoms with E-state index in [-0.39, 0.29) is 11.8 Å². The van der Waals surface area contributed by atoms with Crippen molar-refractivity contribution in [2.45, 2.75) is 6.92 Å². The number of hydrogen-bond donors (Lipinski definition) is 2. The third-order valence-electron chi connectivity index (χ3n) is 5.26. The molecule has 4 rings (SSSR count). The number of amides is 2. The molecule has 0 saturated carbocycles. The van der Waals surface area contributed by atoms with Crippen molar-refractivity contribution in [2.24, 2.45) is 0 Å². The fourth-order valence-electron chi connectivity index (χ4n) is 3.46. The number of anilines is 2. The first-order valence-corrected chi connectivity index (χ1v) is 11.1. The first-order valence-electron chi connectivity index (χ1n) is 11.1. The highest BCUT2D eigenvalue weighted by Crippen LogP contribution is 2.20. The number of benzene rings is 2. The molecular weight excluding hydrogens is 436 g/mol. The Morgan fingerprint density at radius 3 is 1.86 bits per heavy atom. The smallest absolute Gasteiger partial charge is 0.255 e. The van der Waals surface area contributed by atoms with Crippen LogP contribution in [-0.4, -0.2) is 21.8 Å². The summed E-state index contributed by atoms with van der Waals surface area (Å²) in [7, 11) is 0. The van der Waals surface area contributed by atoms with Crippen LogP contribution in [0.3, 0.4) is 0 Å². The molecule has 0 bridgehead atoms. The second-order valence-electron chi connectivity index (χ2n) is 7.69. The molecular formula is C29H24N4O2. The average molecular weight is 461 g/mol. The van der Waals surface area contributed by atoms with E-state index < -0.39 is 0 Å². The van der Waals surface area contributed by atoms with Gasteiger partial charge in [0.1, 0.15) is 0 Å². The minimum absolute atomic E-state index is 0.199. The zero-order chi connectivity index (χ0) is 24.6. The lowest BCUT2D eigenvalue weighted by Gasteiger charge is -2.09. The van der Waals surface area contributed by atoms with Gasteiger partial charge in [0.05, 0.1) is 35.2 Å². The summed E-state index contributed by atoms with van der Waals surface area (Å²) in [6.07, 6.45) is 8.80. The molecule has 2 heterocycles. The molecule has 172 valence electrons. The van der Waals surface area contributed by atoms with Crippen LogP contribution in [0.1, 0.15) is 38.8 Å². The van der Waals surface area contributed by atoms with Gasteiger partial charge in [0, 0.05) is 11.1 Å². The minimum Gasteiger partial charge on any atom is -0.321 e. The van der Waals surface area contributed by atoms with Crippen molar-refractivity contribution in [3.8, 4) is 11.4 Å². The highest BCUT2D eigenvalue weighted by molar-refractivity contribution is 6.05. The maximum absolute atomic E-state index is 12.7. The lowest BCUT2D eigenvalue weighted by atomic mass is 10.0. The van der Waals surface area contributed by atoms with Gasteiger partial charge in [0.25, 0.3) is 11.8 Å². The molecule has 0 aliphatic rings. The van der Waals surface area contributed by atoms with Gasteiger partial charge in [0.2, 0.25) is 0 Å². The molecule has 4 aromatic rings. The summed E-state index contributed by atoms with van der Waals surface area (Å²) in [6, 6.07) is 21.6. The van der Waals surface area contributed by atoms with Gasteiger partial charge in [0.15, 0.2) is 0 Å². The predicted octanol–water partition coefficient (Wildman–Crippen LogP) is 6.32. The van der Waals surface area contributed by atoms with E-state index in [1.807, 2.05) is 49.4 Å². The van der Waals surface area contributed by atoms with Crippen LogP contribution in [0.25, 0.3) is 23.5 Å². The van der Waals surface area contributed by atoms with E-state index in [2.05, 4.69) is 27.2 Å². The highest BCUT2D eigenvalue weighted by atomic mass is 16.2. The van der Waals surface area contributed by atoms with Gasteiger partial charge in [-0.05, 0) is 66.6 Å². The van der Waals surface area contributed by atoms with Gasteiger partial charge >= 0.3 is 0 Å². The maximum atomic E-state index is 12.7. The van der Waals surface area contributed by atoms with E-state index in [9.17, 15) is 9.59 Å². The minimum atomic E-state index is -0.224. The van der Waals surface area contributed by atoms with E-state index in [1.54, 1.807) is 60.9 Å². The summed E-state index contributed by atoms with van der Waals surface area (Å²) in [6.45, 7) is 5.74. The van der Waals surface area contributed by atoms with Gasteiger partial charge in [-0.25, -0.2) is 0 Å². The average Bonchev–Trinajstić information content (AvgIpc) is 2.90. The zero-order valence-electron chi connectivity index (χ0n) is 19.2. The quantitative estimate of drug-likeness (QED) is 0.338.